The number of nitrogens with zero attached hydrogens (tertiary/aromatic N) is 2. The fraction of sp³-hybridized carbons (Fsp3) is 0.650. The van der Waals surface area contributed by atoms with Gasteiger partial charge in [0.2, 0.25) is 0 Å². The van der Waals surface area contributed by atoms with E-state index in [1.165, 1.54) is 12.0 Å². The fourth-order valence-electron chi connectivity index (χ4n) is 4.25. The third-order valence-electron chi connectivity index (χ3n) is 5.70. The highest BCUT2D eigenvalue weighted by Gasteiger charge is 2.37. The molecule has 2 saturated heterocycles. The van der Waals surface area contributed by atoms with Gasteiger partial charge in [-0.15, -0.1) is 0 Å². The molecule has 1 aromatic rings. The Morgan fingerprint density at radius 3 is 2.80 bits per heavy atom. The Morgan fingerprint density at radius 1 is 1.28 bits per heavy atom. The van der Waals surface area contributed by atoms with Gasteiger partial charge in [-0.3, -0.25) is 0 Å². The van der Waals surface area contributed by atoms with E-state index in [0.29, 0.717) is 17.7 Å². The minimum Gasteiger partial charge on any atom is -0.508 e. The van der Waals surface area contributed by atoms with Gasteiger partial charge < -0.3 is 20.2 Å². The predicted molar refractivity (Wildman–Crippen MR) is 99.8 cm³/mol. The van der Waals surface area contributed by atoms with Crippen LogP contribution in [0.2, 0.25) is 0 Å². The normalized spacial score (nSPS) is 25.3. The minimum atomic E-state index is 0.109. The van der Waals surface area contributed by atoms with Crippen molar-refractivity contribution in [2.24, 2.45) is 5.92 Å². The van der Waals surface area contributed by atoms with Gasteiger partial charge in [-0.1, -0.05) is 12.1 Å². The summed E-state index contributed by atoms with van der Waals surface area (Å²) in [5, 5.41) is 12.5. The Hall–Kier alpha value is -1.75. The number of aryl methyl sites for hydroxylation is 1. The number of piperidine rings is 2. The molecule has 2 aliphatic heterocycles. The molecule has 2 amide bonds. The van der Waals surface area contributed by atoms with Crippen molar-refractivity contribution in [3.8, 4) is 5.75 Å². The summed E-state index contributed by atoms with van der Waals surface area (Å²) in [4.78, 5) is 17.3. The van der Waals surface area contributed by atoms with Crippen LogP contribution in [0.4, 0.5) is 4.79 Å². The van der Waals surface area contributed by atoms with E-state index in [1.54, 1.807) is 12.1 Å². The molecule has 2 N–H and O–H groups in total. The van der Waals surface area contributed by atoms with Crippen molar-refractivity contribution in [1.29, 1.82) is 0 Å². The van der Waals surface area contributed by atoms with Crippen molar-refractivity contribution < 1.29 is 9.90 Å². The third kappa shape index (κ3) is 4.66. The first-order valence-corrected chi connectivity index (χ1v) is 9.56. The smallest absolute Gasteiger partial charge is 0.317 e. The molecule has 0 unspecified atom stereocenters. The Labute approximate surface area is 151 Å². The topological polar surface area (TPSA) is 55.8 Å². The lowest BCUT2D eigenvalue weighted by Crippen LogP contribution is -2.58. The first kappa shape index (κ1) is 18.1. The Balaban J connectivity index is 1.49. The molecule has 25 heavy (non-hydrogen) atoms. The standard InChI is InChI=1S/C20H31N3O2/c1-15(5-6-16-7-9-18(24)10-8-16)21-20(25)23-12-3-4-17-14-22(2)13-11-19(17)23/h7-10,15,17,19,24H,3-6,11-14H2,1-2H3,(H,21,25)/t15-,17+,19+/m1/s1. The van der Waals surface area contributed by atoms with Crippen LogP contribution in [0.25, 0.3) is 0 Å². The van der Waals surface area contributed by atoms with E-state index in [1.807, 2.05) is 12.1 Å². The fourth-order valence-corrected chi connectivity index (χ4v) is 4.25. The number of urea groups is 1. The molecule has 0 bridgehead atoms. The van der Waals surface area contributed by atoms with Gasteiger partial charge in [-0.05, 0) is 76.2 Å². The zero-order valence-corrected chi connectivity index (χ0v) is 15.4. The average molecular weight is 345 g/mol. The predicted octanol–water partition coefficient (Wildman–Crippen LogP) is 2.84. The Bertz CT molecular complexity index is 575. The van der Waals surface area contributed by atoms with Gasteiger partial charge in [0.05, 0.1) is 0 Å². The summed E-state index contributed by atoms with van der Waals surface area (Å²) in [6, 6.07) is 7.98. The number of rotatable bonds is 4. The average Bonchev–Trinajstić information content (AvgIpc) is 2.60. The Morgan fingerprint density at radius 2 is 2.04 bits per heavy atom. The highest BCUT2D eigenvalue weighted by atomic mass is 16.3. The molecule has 2 heterocycles. The maximum Gasteiger partial charge on any atom is 0.317 e. The van der Waals surface area contributed by atoms with Gasteiger partial charge in [0, 0.05) is 25.2 Å². The SMILES string of the molecule is C[C@H](CCc1ccc(O)cc1)NC(=O)N1CCC[C@H]2CN(C)CC[C@@H]21. The number of hydrogen-bond donors (Lipinski definition) is 2. The quantitative estimate of drug-likeness (QED) is 0.882. The van der Waals surface area contributed by atoms with Gasteiger partial charge in [-0.25, -0.2) is 4.79 Å². The van der Waals surface area contributed by atoms with Crippen LogP contribution < -0.4 is 5.32 Å². The summed E-state index contributed by atoms with van der Waals surface area (Å²) in [5.74, 6) is 0.924. The van der Waals surface area contributed by atoms with Crippen LogP contribution in [-0.2, 0) is 6.42 Å². The van der Waals surface area contributed by atoms with Crippen molar-refractivity contribution >= 4 is 6.03 Å². The zero-order chi connectivity index (χ0) is 17.8. The van der Waals surface area contributed by atoms with Crippen LogP contribution in [0.1, 0.15) is 38.2 Å². The van der Waals surface area contributed by atoms with E-state index in [2.05, 4.69) is 29.1 Å². The number of aromatic hydroxyl groups is 1. The van der Waals surface area contributed by atoms with E-state index < -0.39 is 0 Å². The highest BCUT2D eigenvalue weighted by Crippen LogP contribution is 2.30. The maximum absolute atomic E-state index is 12.8. The monoisotopic (exact) mass is 345 g/mol. The van der Waals surface area contributed by atoms with E-state index in [9.17, 15) is 9.90 Å². The summed E-state index contributed by atoms with van der Waals surface area (Å²) in [6.45, 7) is 5.17. The zero-order valence-electron chi connectivity index (χ0n) is 15.4. The number of phenols is 1. The number of fused-ring (bicyclic) bond motifs is 1. The van der Waals surface area contributed by atoms with Gasteiger partial charge in [0.1, 0.15) is 5.75 Å². The van der Waals surface area contributed by atoms with Crippen molar-refractivity contribution in [2.75, 3.05) is 26.7 Å². The highest BCUT2D eigenvalue weighted by molar-refractivity contribution is 5.75. The molecule has 0 aromatic heterocycles. The number of carbonyl (C=O) groups is 1. The summed E-state index contributed by atoms with van der Waals surface area (Å²) >= 11 is 0. The number of hydrogen-bond acceptors (Lipinski definition) is 3. The summed E-state index contributed by atoms with van der Waals surface area (Å²) in [6.07, 6.45) is 5.26. The van der Waals surface area contributed by atoms with Crippen LogP contribution in [0.3, 0.4) is 0 Å². The molecule has 3 rings (SSSR count). The van der Waals surface area contributed by atoms with E-state index in [-0.39, 0.29) is 12.1 Å². The third-order valence-corrected chi connectivity index (χ3v) is 5.70. The molecule has 5 heteroatoms. The van der Waals surface area contributed by atoms with Crippen molar-refractivity contribution in [1.82, 2.24) is 15.1 Å². The molecule has 5 nitrogen and oxygen atoms in total. The van der Waals surface area contributed by atoms with Crippen LogP contribution in [0, 0.1) is 5.92 Å². The van der Waals surface area contributed by atoms with E-state index in [4.69, 9.17) is 0 Å². The van der Waals surface area contributed by atoms with Crippen molar-refractivity contribution in [3.63, 3.8) is 0 Å². The molecule has 0 spiro atoms. The molecule has 1 aromatic carbocycles. The number of phenolic OH excluding ortho intramolecular Hbond substituents is 1. The van der Waals surface area contributed by atoms with Gasteiger partial charge in [-0.2, -0.15) is 0 Å². The number of carbonyl (C=O) groups excluding carboxylic acids is 1. The van der Waals surface area contributed by atoms with Crippen LogP contribution in [0.15, 0.2) is 24.3 Å². The summed E-state index contributed by atoms with van der Waals surface area (Å²) in [5.41, 5.74) is 1.19. The van der Waals surface area contributed by atoms with Crippen molar-refractivity contribution in [3.05, 3.63) is 29.8 Å². The summed E-state index contributed by atoms with van der Waals surface area (Å²) < 4.78 is 0. The molecular weight excluding hydrogens is 314 g/mol. The second-order valence-electron chi connectivity index (χ2n) is 7.77. The van der Waals surface area contributed by atoms with Crippen LogP contribution in [-0.4, -0.2) is 59.7 Å². The van der Waals surface area contributed by atoms with Gasteiger partial charge >= 0.3 is 6.03 Å². The largest absolute Gasteiger partial charge is 0.508 e. The number of likely N-dealkylation sites (tertiary alicyclic amines) is 2. The lowest BCUT2D eigenvalue weighted by atomic mass is 9.84. The number of nitrogens with one attached hydrogen (secondary N) is 1. The Kier molecular flexibility index (Phi) is 5.84. The molecular formula is C20H31N3O2. The van der Waals surface area contributed by atoms with Crippen molar-refractivity contribution in [2.45, 2.75) is 51.1 Å². The maximum atomic E-state index is 12.8. The molecule has 138 valence electrons. The molecule has 0 radical (unpaired) electrons. The van der Waals surface area contributed by atoms with E-state index >= 15 is 0 Å². The van der Waals surface area contributed by atoms with Crippen LogP contribution in [0.5, 0.6) is 5.75 Å². The number of benzene rings is 1. The first-order chi connectivity index (χ1) is 12.0. The molecule has 0 saturated carbocycles. The lowest BCUT2D eigenvalue weighted by molar-refractivity contribution is 0.0525. The molecule has 2 aliphatic rings. The van der Waals surface area contributed by atoms with Gasteiger partial charge in [0.15, 0.2) is 0 Å². The van der Waals surface area contributed by atoms with Gasteiger partial charge in [0.25, 0.3) is 0 Å². The number of amides is 2. The molecule has 2 fully saturated rings. The lowest BCUT2D eigenvalue weighted by Gasteiger charge is -2.46. The minimum absolute atomic E-state index is 0.109. The molecule has 3 atom stereocenters. The second-order valence-corrected chi connectivity index (χ2v) is 7.77. The first-order valence-electron chi connectivity index (χ1n) is 9.56. The molecule has 0 aliphatic carbocycles. The summed E-state index contributed by atoms with van der Waals surface area (Å²) in [7, 11) is 2.18. The van der Waals surface area contributed by atoms with Crippen LogP contribution >= 0.6 is 0 Å². The van der Waals surface area contributed by atoms with E-state index in [0.717, 1.165) is 45.3 Å². The second kappa shape index (κ2) is 8.09.